The highest BCUT2D eigenvalue weighted by molar-refractivity contribution is 5.89. The van der Waals surface area contributed by atoms with E-state index in [9.17, 15) is 14.9 Å². The Morgan fingerprint density at radius 3 is 2.55 bits per heavy atom. The van der Waals surface area contributed by atoms with Gasteiger partial charge in [-0.1, -0.05) is 13.8 Å². The lowest BCUT2D eigenvalue weighted by atomic mass is 9.76. The van der Waals surface area contributed by atoms with Gasteiger partial charge < -0.3 is 4.74 Å². The van der Waals surface area contributed by atoms with Crippen molar-refractivity contribution in [1.29, 1.82) is 0 Å². The van der Waals surface area contributed by atoms with Crippen LogP contribution in [0.3, 0.4) is 0 Å². The number of hydrogen-bond donors (Lipinski definition) is 0. The average molecular weight is 277 g/mol. The number of non-ortho nitro benzene ring substituents is 1. The minimum atomic E-state index is -0.487. The van der Waals surface area contributed by atoms with Gasteiger partial charge in [0.15, 0.2) is 0 Å². The summed E-state index contributed by atoms with van der Waals surface area (Å²) in [5.74, 6) is -0.400. The molecule has 2 rings (SSSR count). The topological polar surface area (TPSA) is 69.4 Å². The van der Waals surface area contributed by atoms with Gasteiger partial charge in [0.05, 0.1) is 10.5 Å². The Hall–Kier alpha value is -1.91. The Kier molecular flexibility index (Phi) is 4.06. The van der Waals surface area contributed by atoms with Crippen molar-refractivity contribution in [3.05, 3.63) is 39.9 Å². The maximum absolute atomic E-state index is 12.0. The van der Waals surface area contributed by atoms with Gasteiger partial charge in [-0.15, -0.1) is 0 Å². The molecule has 0 bridgehead atoms. The highest BCUT2D eigenvalue weighted by Crippen LogP contribution is 2.36. The molecule has 1 aliphatic carbocycles. The van der Waals surface area contributed by atoms with E-state index in [0.717, 1.165) is 25.7 Å². The molecule has 0 heterocycles. The minimum Gasteiger partial charge on any atom is -0.459 e. The third-order valence-electron chi connectivity index (χ3n) is 3.75. The number of carbonyl (C=O) groups is 1. The first kappa shape index (κ1) is 14.5. The van der Waals surface area contributed by atoms with E-state index in [1.165, 1.54) is 24.3 Å². The Balaban J connectivity index is 1.99. The summed E-state index contributed by atoms with van der Waals surface area (Å²) >= 11 is 0. The van der Waals surface area contributed by atoms with Gasteiger partial charge in [0.25, 0.3) is 5.69 Å². The van der Waals surface area contributed by atoms with Crippen LogP contribution in [-0.2, 0) is 4.74 Å². The molecule has 0 radical (unpaired) electrons. The van der Waals surface area contributed by atoms with Crippen LogP contribution < -0.4 is 0 Å². The number of hydrogen-bond acceptors (Lipinski definition) is 4. The molecule has 0 spiro atoms. The molecule has 0 aromatic heterocycles. The van der Waals surface area contributed by atoms with Gasteiger partial charge in [-0.2, -0.15) is 0 Å². The maximum Gasteiger partial charge on any atom is 0.338 e. The van der Waals surface area contributed by atoms with E-state index in [2.05, 4.69) is 13.8 Å². The van der Waals surface area contributed by atoms with Crippen molar-refractivity contribution in [2.75, 3.05) is 0 Å². The fourth-order valence-corrected chi connectivity index (χ4v) is 2.67. The van der Waals surface area contributed by atoms with Crippen molar-refractivity contribution in [2.24, 2.45) is 5.41 Å². The van der Waals surface area contributed by atoms with Gasteiger partial charge in [-0.25, -0.2) is 4.79 Å². The van der Waals surface area contributed by atoms with Gasteiger partial charge in [-0.05, 0) is 43.2 Å². The highest BCUT2D eigenvalue weighted by atomic mass is 16.6. The highest BCUT2D eigenvalue weighted by Gasteiger charge is 2.30. The Labute approximate surface area is 118 Å². The molecular formula is C15H19NO4. The molecule has 0 N–H and O–H groups in total. The second-order valence-corrected chi connectivity index (χ2v) is 6.09. The largest absolute Gasteiger partial charge is 0.459 e. The van der Waals surface area contributed by atoms with Crippen LogP contribution in [-0.4, -0.2) is 17.0 Å². The molecule has 0 amide bonds. The number of carbonyl (C=O) groups excluding carboxylic acids is 1. The Morgan fingerprint density at radius 1 is 1.35 bits per heavy atom. The van der Waals surface area contributed by atoms with Gasteiger partial charge in [0.1, 0.15) is 6.10 Å². The molecule has 1 unspecified atom stereocenters. The molecule has 20 heavy (non-hydrogen) atoms. The van der Waals surface area contributed by atoms with Crippen LogP contribution in [0.25, 0.3) is 0 Å². The molecule has 5 nitrogen and oxygen atoms in total. The van der Waals surface area contributed by atoms with Gasteiger partial charge in [0, 0.05) is 12.1 Å². The SMILES string of the molecule is CC1(C)CCCC(OC(=O)c2ccc([N+](=O)[O-])cc2)C1. The number of benzene rings is 1. The number of nitro benzene ring substituents is 1. The summed E-state index contributed by atoms with van der Waals surface area (Å²) in [5, 5.41) is 10.6. The van der Waals surface area contributed by atoms with Crippen LogP contribution >= 0.6 is 0 Å². The van der Waals surface area contributed by atoms with Crippen molar-refractivity contribution in [1.82, 2.24) is 0 Å². The first-order chi connectivity index (χ1) is 9.37. The zero-order valence-corrected chi connectivity index (χ0v) is 11.8. The maximum atomic E-state index is 12.0. The van der Waals surface area contributed by atoms with Crippen molar-refractivity contribution in [3.63, 3.8) is 0 Å². The van der Waals surface area contributed by atoms with Crippen molar-refractivity contribution in [3.8, 4) is 0 Å². The quantitative estimate of drug-likeness (QED) is 0.479. The van der Waals surface area contributed by atoms with E-state index in [-0.39, 0.29) is 17.2 Å². The summed E-state index contributed by atoms with van der Waals surface area (Å²) in [6, 6.07) is 5.52. The summed E-state index contributed by atoms with van der Waals surface area (Å²) in [6.45, 7) is 4.36. The van der Waals surface area contributed by atoms with Crippen molar-refractivity contribution in [2.45, 2.75) is 45.6 Å². The van der Waals surface area contributed by atoms with Gasteiger partial charge >= 0.3 is 5.97 Å². The van der Waals surface area contributed by atoms with Crippen molar-refractivity contribution < 1.29 is 14.5 Å². The van der Waals surface area contributed by atoms with E-state index in [1.807, 2.05) is 0 Å². The van der Waals surface area contributed by atoms with Crippen LogP contribution in [0.2, 0.25) is 0 Å². The van der Waals surface area contributed by atoms with Crippen LogP contribution in [0.1, 0.15) is 49.9 Å². The van der Waals surface area contributed by atoms with Crippen LogP contribution in [0.5, 0.6) is 0 Å². The zero-order chi connectivity index (χ0) is 14.8. The lowest BCUT2D eigenvalue weighted by Crippen LogP contribution is -2.30. The van der Waals surface area contributed by atoms with Gasteiger partial charge in [0.2, 0.25) is 0 Å². The second kappa shape index (κ2) is 5.61. The first-order valence-corrected chi connectivity index (χ1v) is 6.83. The summed E-state index contributed by atoms with van der Waals surface area (Å²) < 4.78 is 5.50. The molecule has 1 aromatic carbocycles. The zero-order valence-electron chi connectivity index (χ0n) is 11.8. The number of nitrogens with zero attached hydrogens (tertiary/aromatic N) is 1. The van der Waals surface area contributed by atoms with E-state index >= 15 is 0 Å². The number of rotatable bonds is 3. The predicted octanol–water partition coefficient (Wildman–Crippen LogP) is 3.72. The Bertz CT molecular complexity index is 507. The van der Waals surface area contributed by atoms with E-state index < -0.39 is 10.9 Å². The summed E-state index contributed by atoms with van der Waals surface area (Å²) in [6.07, 6.45) is 3.92. The minimum absolute atomic E-state index is 0.0275. The van der Waals surface area contributed by atoms with Crippen LogP contribution in [0, 0.1) is 15.5 Å². The molecule has 1 aliphatic rings. The van der Waals surface area contributed by atoms with E-state index in [0.29, 0.717) is 5.56 Å². The predicted molar refractivity (Wildman–Crippen MR) is 74.5 cm³/mol. The van der Waals surface area contributed by atoms with Gasteiger partial charge in [-0.3, -0.25) is 10.1 Å². The third kappa shape index (κ3) is 3.56. The molecular weight excluding hydrogens is 258 g/mol. The van der Waals surface area contributed by atoms with Crippen LogP contribution in [0.15, 0.2) is 24.3 Å². The molecule has 1 atom stereocenters. The average Bonchev–Trinajstić information content (AvgIpc) is 2.37. The molecule has 0 aliphatic heterocycles. The monoisotopic (exact) mass is 277 g/mol. The molecule has 5 heteroatoms. The van der Waals surface area contributed by atoms with E-state index in [1.54, 1.807) is 0 Å². The Morgan fingerprint density at radius 2 is 2.00 bits per heavy atom. The molecule has 1 aromatic rings. The third-order valence-corrected chi connectivity index (χ3v) is 3.75. The number of nitro groups is 1. The summed E-state index contributed by atoms with van der Waals surface area (Å²) in [5.41, 5.74) is 0.540. The number of ether oxygens (including phenoxy) is 1. The summed E-state index contributed by atoms with van der Waals surface area (Å²) in [7, 11) is 0. The van der Waals surface area contributed by atoms with E-state index in [4.69, 9.17) is 4.74 Å². The molecule has 0 saturated heterocycles. The molecule has 1 fully saturated rings. The standard InChI is InChI=1S/C15H19NO4/c1-15(2)9-3-4-13(10-15)20-14(17)11-5-7-12(8-6-11)16(18)19/h5-8,13H,3-4,9-10H2,1-2H3. The van der Waals surface area contributed by atoms with Crippen LogP contribution in [0.4, 0.5) is 5.69 Å². The second-order valence-electron chi connectivity index (χ2n) is 6.09. The number of esters is 1. The molecule has 1 saturated carbocycles. The molecule has 108 valence electrons. The smallest absolute Gasteiger partial charge is 0.338 e. The normalized spacial score (nSPS) is 21.2. The summed E-state index contributed by atoms with van der Waals surface area (Å²) in [4.78, 5) is 22.1. The fourth-order valence-electron chi connectivity index (χ4n) is 2.67. The fraction of sp³-hybridized carbons (Fsp3) is 0.533. The lowest BCUT2D eigenvalue weighted by molar-refractivity contribution is -0.384. The lowest BCUT2D eigenvalue weighted by Gasteiger charge is -2.34. The van der Waals surface area contributed by atoms with Crippen molar-refractivity contribution >= 4 is 11.7 Å². The first-order valence-electron chi connectivity index (χ1n) is 6.83.